The van der Waals surface area contributed by atoms with Crippen molar-refractivity contribution in [1.82, 2.24) is 4.90 Å². The Bertz CT molecular complexity index is 1380. The zero-order valence-electron chi connectivity index (χ0n) is 17.5. The molecule has 0 radical (unpaired) electrons. The molecule has 2 aliphatic rings. The summed E-state index contributed by atoms with van der Waals surface area (Å²) in [7, 11) is -3.80. The quantitative estimate of drug-likeness (QED) is 0.482. The monoisotopic (exact) mass is 486 g/mol. The lowest BCUT2D eigenvalue weighted by Gasteiger charge is -2.24. The highest BCUT2D eigenvalue weighted by molar-refractivity contribution is 8.16. The van der Waals surface area contributed by atoms with E-state index in [0.717, 1.165) is 16.8 Å². The minimum atomic E-state index is -3.80. The maximum atomic E-state index is 12.7. The number of aromatic carboxylic acids is 1. The van der Waals surface area contributed by atoms with Crippen molar-refractivity contribution >= 4 is 55.9 Å². The summed E-state index contributed by atoms with van der Waals surface area (Å²) in [5.74, 6) is -1.90. The van der Waals surface area contributed by atoms with Crippen molar-refractivity contribution in [1.29, 1.82) is 5.41 Å². The average Bonchev–Trinajstić information content (AvgIpc) is 3.38. The van der Waals surface area contributed by atoms with E-state index in [9.17, 15) is 18.0 Å². The molecule has 0 bridgehead atoms. The number of carboxylic acid groups (broad SMARTS) is 1. The fraction of sp³-hybridized carbons (Fsp3) is 0.190. The van der Waals surface area contributed by atoms with Gasteiger partial charge >= 0.3 is 5.97 Å². The number of hydrogen-bond donors (Lipinski definition) is 2. The maximum absolute atomic E-state index is 12.7. The van der Waals surface area contributed by atoms with Crippen molar-refractivity contribution in [3.05, 3.63) is 53.3 Å². The van der Waals surface area contributed by atoms with Crippen LogP contribution in [0.5, 0.6) is 0 Å². The first-order chi connectivity index (χ1) is 15.6. The SMILES string of the molecule is CC(C)CS(=O)(=O)C1=NSC2=NC(=O)/C(=C\c3ccc(-c4cccc(C(=O)O)c4)o3)C(=N)N21. The third-order valence-electron chi connectivity index (χ3n) is 4.63. The number of sulfone groups is 1. The van der Waals surface area contributed by atoms with Crippen molar-refractivity contribution in [3.63, 3.8) is 0 Å². The first-order valence-corrected chi connectivity index (χ1v) is 12.1. The fourth-order valence-corrected chi connectivity index (χ4v) is 5.98. The predicted octanol–water partition coefficient (Wildman–Crippen LogP) is 3.29. The highest BCUT2D eigenvalue weighted by Crippen LogP contribution is 2.31. The van der Waals surface area contributed by atoms with Gasteiger partial charge in [-0.15, -0.1) is 0 Å². The highest BCUT2D eigenvalue weighted by Gasteiger charge is 2.42. The molecule has 1 amide bonds. The van der Waals surface area contributed by atoms with E-state index in [0.29, 0.717) is 11.3 Å². The molecule has 0 unspecified atom stereocenters. The molecule has 1 aromatic carbocycles. The molecule has 2 aliphatic heterocycles. The largest absolute Gasteiger partial charge is 0.478 e. The van der Waals surface area contributed by atoms with Gasteiger partial charge in [-0.3, -0.25) is 10.2 Å². The van der Waals surface area contributed by atoms with Crippen molar-refractivity contribution in [3.8, 4) is 11.3 Å². The number of amidine groups is 3. The van der Waals surface area contributed by atoms with Crippen LogP contribution in [0.4, 0.5) is 0 Å². The van der Waals surface area contributed by atoms with E-state index in [1.54, 1.807) is 38.1 Å². The van der Waals surface area contributed by atoms with Crippen LogP contribution in [0.3, 0.4) is 0 Å². The summed E-state index contributed by atoms with van der Waals surface area (Å²) in [6.45, 7) is 3.51. The lowest BCUT2D eigenvalue weighted by molar-refractivity contribution is -0.114. The molecule has 0 atom stereocenters. The van der Waals surface area contributed by atoms with E-state index < -0.39 is 21.7 Å². The maximum Gasteiger partial charge on any atom is 0.335 e. The molecule has 2 aromatic rings. The Morgan fingerprint density at radius 1 is 1.30 bits per heavy atom. The molecule has 170 valence electrons. The van der Waals surface area contributed by atoms with Gasteiger partial charge in [0.2, 0.25) is 20.2 Å². The number of carbonyl (C=O) groups excluding carboxylic acids is 1. The third-order valence-corrected chi connectivity index (χ3v) is 7.39. The van der Waals surface area contributed by atoms with Gasteiger partial charge in [-0.05, 0) is 36.3 Å². The molecule has 10 nitrogen and oxygen atoms in total. The summed E-state index contributed by atoms with van der Waals surface area (Å²) in [4.78, 5) is 28.7. The number of furan rings is 1. The lowest BCUT2D eigenvalue weighted by atomic mass is 10.1. The highest BCUT2D eigenvalue weighted by atomic mass is 32.2. The van der Waals surface area contributed by atoms with Crippen LogP contribution >= 0.6 is 11.9 Å². The zero-order valence-corrected chi connectivity index (χ0v) is 19.1. The van der Waals surface area contributed by atoms with Gasteiger partial charge in [0, 0.05) is 5.56 Å². The Balaban J connectivity index is 1.66. The van der Waals surface area contributed by atoms with Gasteiger partial charge < -0.3 is 9.52 Å². The summed E-state index contributed by atoms with van der Waals surface area (Å²) in [6, 6.07) is 9.32. The number of aliphatic imine (C=N–C) groups is 1. The number of nitrogens with zero attached hydrogens (tertiary/aromatic N) is 3. The second-order valence-electron chi connectivity index (χ2n) is 7.67. The van der Waals surface area contributed by atoms with Crippen molar-refractivity contribution in [2.75, 3.05) is 5.75 Å². The van der Waals surface area contributed by atoms with Gasteiger partial charge in [0.1, 0.15) is 17.4 Å². The Hall–Kier alpha value is -3.51. The summed E-state index contributed by atoms with van der Waals surface area (Å²) in [5, 5.41) is 17.3. The van der Waals surface area contributed by atoms with Gasteiger partial charge in [0.25, 0.3) is 5.91 Å². The number of amides is 1. The molecule has 0 aliphatic carbocycles. The normalized spacial score (nSPS) is 17.4. The molecular weight excluding hydrogens is 468 g/mol. The van der Waals surface area contributed by atoms with Crippen LogP contribution in [-0.4, -0.2) is 52.2 Å². The molecule has 12 heteroatoms. The smallest absolute Gasteiger partial charge is 0.335 e. The molecule has 4 rings (SSSR count). The first-order valence-electron chi connectivity index (χ1n) is 9.72. The first kappa shape index (κ1) is 22.7. The number of hydrogen-bond acceptors (Lipinski definition) is 8. The molecule has 3 heterocycles. The van der Waals surface area contributed by atoms with E-state index in [4.69, 9.17) is 14.9 Å². The number of carboxylic acids is 1. The number of nitrogens with one attached hydrogen (secondary N) is 1. The van der Waals surface area contributed by atoms with Gasteiger partial charge in [0.05, 0.1) is 28.8 Å². The lowest BCUT2D eigenvalue weighted by Crippen LogP contribution is -2.46. The van der Waals surface area contributed by atoms with Gasteiger partial charge in [0.15, 0.2) is 0 Å². The van der Waals surface area contributed by atoms with E-state index in [1.165, 1.54) is 18.2 Å². The molecule has 0 saturated heterocycles. The summed E-state index contributed by atoms with van der Waals surface area (Å²) in [6.07, 6.45) is 1.30. The topological polar surface area (TPSA) is 153 Å². The third kappa shape index (κ3) is 4.39. The molecule has 0 spiro atoms. The molecule has 0 saturated carbocycles. The average molecular weight is 487 g/mol. The van der Waals surface area contributed by atoms with Gasteiger partial charge in [-0.2, -0.15) is 9.39 Å². The molecule has 0 fully saturated rings. The van der Waals surface area contributed by atoms with Crippen LogP contribution in [0.15, 0.2) is 55.8 Å². The minimum Gasteiger partial charge on any atom is -0.478 e. The summed E-state index contributed by atoms with van der Waals surface area (Å²) in [5.41, 5.74) is 0.458. The summed E-state index contributed by atoms with van der Waals surface area (Å²) < 4.78 is 35.1. The Kier molecular flexibility index (Phi) is 5.80. The van der Waals surface area contributed by atoms with E-state index >= 15 is 0 Å². The fourth-order valence-electron chi connectivity index (χ4n) is 3.25. The van der Waals surface area contributed by atoms with E-state index in [-0.39, 0.29) is 44.7 Å². The number of rotatable bonds is 5. The second kappa shape index (κ2) is 8.45. The number of carbonyl (C=O) groups is 2. The van der Waals surface area contributed by atoms with Crippen LogP contribution in [-0.2, 0) is 14.6 Å². The zero-order chi connectivity index (χ0) is 23.9. The minimum absolute atomic E-state index is 0.00935. The predicted molar refractivity (Wildman–Crippen MR) is 125 cm³/mol. The van der Waals surface area contributed by atoms with Crippen molar-refractivity contribution in [2.45, 2.75) is 13.8 Å². The Morgan fingerprint density at radius 3 is 2.76 bits per heavy atom. The van der Waals surface area contributed by atoms with Crippen molar-refractivity contribution in [2.24, 2.45) is 15.3 Å². The number of fused-ring (bicyclic) bond motifs is 1. The van der Waals surface area contributed by atoms with Crippen LogP contribution in [0.1, 0.15) is 30.0 Å². The van der Waals surface area contributed by atoms with E-state index in [2.05, 4.69) is 9.39 Å². The van der Waals surface area contributed by atoms with E-state index in [1.807, 2.05) is 0 Å². The van der Waals surface area contributed by atoms with Gasteiger partial charge in [-0.1, -0.05) is 26.0 Å². The van der Waals surface area contributed by atoms with Crippen molar-refractivity contribution < 1.29 is 27.5 Å². The summed E-state index contributed by atoms with van der Waals surface area (Å²) >= 11 is 0.734. The number of benzene rings is 1. The molecule has 33 heavy (non-hydrogen) atoms. The Labute approximate surface area is 193 Å². The Morgan fingerprint density at radius 2 is 2.06 bits per heavy atom. The van der Waals surface area contributed by atoms with Gasteiger partial charge in [-0.25, -0.2) is 18.1 Å². The molecule has 1 aromatic heterocycles. The van der Waals surface area contributed by atoms with Crippen LogP contribution in [0, 0.1) is 11.3 Å². The van der Waals surface area contributed by atoms with Crippen LogP contribution < -0.4 is 0 Å². The van der Waals surface area contributed by atoms with Crippen LogP contribution in [0.25, 0.3) is 17.4 Å². The van der Waals surface area contributed by atoms with Crippen LogP contribution in [0.2, 0.25) is 0 Å². The molecular formula is C21H18N4O6S2. The molecule has 2 N–H and O–H groups in total. The standard InChI is InChI=1S/C21H18N4O6S2/c1-11(2)10-33(29,30)21-24-32-20-23-18(26)15(17(22)25(20)21)9-14-6-7-16(31-14)12-4-3-5-13(8-12)19(27)28/h3-9,11,22H,10H2,1-2H3,(H,27,28)/b15-9-,22-17?. The second-order valence-corrected chi connectivity index (χ2v) is 10.3.